The molecule has 22 heavy (non-hydrogen) atoms. The Morgan fingerprint density at radius 2 is 1.86 bits per heavy atom. The molecule has 3 aromatic rings. The molecule has 2 N–H and O–H groups in total. The zero-order valence-electron chi connectivity index (χ0n) is 12.1. The SMILES string of the molecule is Cn1cc(Sc2ccccc2)c2cc(CS(N)(=O)=O)ccc21. The molecule has 0 atom stereocenters. The van der Waals surface area contributed by atoms with Gasteiger partial charge >= 0.3 is 0 Å². The van der Waals surface area contributed by atoms with Crippen molar-refractivity contribution in [2.75, 3.05) is 0 Å². The third kappa shape index (κ3) is 3.35. The zero-order chi connectivity index (χ0) is 15.7. The van der Waals surface area contributed by atoms with Gasteiger partial charge in [0.2, 0.25) is 10.0 Å². The van der Waals surface area contributed by atoms with Crippen LogP contribution in [-0.4, -0.2) is 13.0 Å². The van der Waals surface area contributed by atoms with Gasteiger partial charge in [0, 0.05) is 33.9 Å². The Hall–Kier alpha value is -1.76. The smallest absolute Gasteiger partial charge is 0.213 e. The molecule has 0 unspecified atom stereocenters. The number of hydrogen-bond donors (Lipinski definition) is 1. The van der Waals surface area contributed by atoms with Crippen LogP contribution >= 0.6 is 11.8 Å². The highest BCUT2D eigenvalue weighted by Crippen LogP contribution is 2.35. The maximum absolute atomic E-state index is 11.3. The molecule has 0 bridgehead atoms. The summed E-state index contributed by atoms with van der Waals surface area (Å²) in [4.78, 5) is 2.24. The minimum Gasteiger partial charge on any atom is -0.349 e. The van der Waals surface area contributed by atoms with Crippen LogP contribution < -0.4 is 5.14 Å². The number of nitrogens with two attached hydrogens (primary N) is 1. The summed E-state index contributed by atoms with van der Waals surface area (Å²) >= 11 is 1.66. The number of sulfonamides is 1. The minimum atomic E-state index is -3.52. The van der Waals surface area contributed by atoms with E-state index >= 15 is 0 Å². The highest BCUT2D eigenvalue weighted by Gasteiger charge is 2.11. The van der Waals surface area contributed by atoms with Crippen LogP contribution in [0.1, 0.15) is 5.56 Å². The van der Waals surface area contributed by atoms with Gasteiger partial charge in [-0.05, 0) is 29.8 Å². The number of hydrogen-bond acceptors (Lipinski definition) is 3. The number of nitrogens with zero attached hydrogens (tertiary/aromatic N) is 1. The first kappa shape index (κ1) is 15.1. The second-order valence-electron chi connectivity index (χ2n) is 5.18. The highest BCUT2D eigenvalue weighted by molar-refractivity contribution is 7.99. The van der Waals surface area contributed by atoms with E-state index in [1.807, 2.05) is 48.0 Å². The first-order chi connectivity index (χ1) is 10.4. The summed E-state index contributed by atoms with van der Waals surface area (Å²) in [5.41, 5.74) is 1.77. The molecule has 2 aromatic carbocycles. The van der Waals surface area contributed by atoms with Crippen molar-refractivity contribution in [2.45, 2.75) is 15.5 Å². The van der Waals surface area contributed by atoms with Crippen LogP contribution in [0.15, 0.2) is 64.5 Å². The van der Waals surface area contributed by atoms with E-state index in [0.29, 0.717) is 5.56 Å². The van der Waals surface area contributed by atoms with Gasteiger partial charge in [0.25, 0.3) is 0 Å². The Morgan fingerprint density at radius 3 is 2.55 bits per heavy atom. The first-order valence-electron chi connectivity index (χ1n) is 6.74. The molecule has 0 saturated carbocycles. The van der Waals surface area contributed by atoms with Crippen LogP contribution in [0, 0.1) is 0 Å². The molecule has 4 nitrogen and oxygen atoms in total. The van der Waals surface area contributed by atoms with Crippen molar-refractivity contribution < 1.29 is 8.42 Å². The van der Waals surface area contributed by atoms with Gasteiger partial charge in [0.05, 0.1) is 5.75 Å². The van der Waals surface area contributed by atoms with Crippen LogP contribution in [0.4, 0.5) is 0 Å². The van der Waals surface area contributed by atoms with E-state index in [1.165, 1.54) is 0 Å². The molecule has 0 aliphatic heterocycles. The summed E-state index contributed by atoms with van der Waals surface area (Å²) < 4.78 is 24.6. The largest absolute Gasteiger partial charge is 0.349 e. The summed E-state index contributed by atoms with van der Waals surface area (Å²) in [6.45, 7) is 0. The monoisotopic (exact) mass is 332 g/mol. The number of fused-ring (bicyclic) bond motifs is 1. The van der Waals surface area contributed by atoms with Crippen molar-refractivity contribution in [3.05, 3.63) is 60.3 Å². The summed E-state index contributed by atoms with van der Waals surface area (Å²) in [6.07, 6.45) is 2.06. The Morgan fingerprint density at radius 1 is 1.14 bits per heavy atom. The molecule has 0 aliphatic rings. The predicted octanol–water partition coefficient (Wildman–Crippen LogP) is 3.12. The topological polar surface area (TPSA) is 65.1 Å². The van der Waals surface area contributed by atoms with Gasteiger partial charge in [-0.15, -0.1) is 0 Å². The van der Waals surface area contributed by atoms with Crippen molar-refractivity contribution in [3.63, 3.8) is 0 Å². The molecule has 6 heteroatoms. The average molecular weight is 332 g/mol. The maximum atomic E-state index is 11.3. The van der Waals surface area contributed by atoms with Gasteiger partial charge in [-0.2, -0.15) is 0 Å². The number of aryl methyl sites for hydroxylation is 1. The second kappa shape index (κ2) is 5.79. The van der Waals surface area contributed by atoms with Crippen molar-refractivity contribution in [1.82, 2.24) is 4.57 Å². The first-order valence-corrected chi connectivity index (χ1v) is 9.27. The van der Waals surface area contributed by atoms with Crippen molar-refractivity contribution in [1.29, 1.82) is 0 Å². The summed E-state index contributed by atoms with van der Waals surface area (Å²) in [7, 11) is -1.54. The summed E-state index contributed by atoms with van der Waals surface area (Å²) in [5.74, 6) is -0.146. The van der Waals surface area contributed by atoms with Gasteiger partial charge in [-0.25, -0.2) is 13.6 Å². The van der Waals surface area contributed by atoms with Crippen molar-refractivity contribution in [2.24, 2.45) is 12.2 Å². The molecule has 0 fully saturated rings. The lowest BCUT2D eigenvalue weighted by molar-refractivity contribution is 0.597. The number of benzene rings is 2. The maximum Gasteiger partial charge on any atom is 0.213 e. The molecule has 114 valence electrons. The number of rotatable bonds is 4. The third-order valence-electron chi connectivity index (χ3n) is 3.36. The van der Waals surface area contributed by atoms with Crippen LogP contribution in [0.5, 0.6) is 0 Å². The molecule has 0 saturated heterocycles. The molecule has 1 aromatic heterocycles. The average Bonchev–Trinajstić information content (AvgIpc) is 2.74. The quantitative estimate of drug-likeness (QED) is 0.798. The standard InChI is InChI=1S/C16H16N2O2S2/c1-18-10-16(21-13-5-3-2-4-6-13)14-9-12(7-8-15(14)18)11-22(17,19)20/h2-10H,11H2,1H3,(H2,17,19,20). The fraction of sp³-hybridized carbons (Fsp3) is 0.125. The molecule has 1 heterocycles. The normalized spacial score (nSPS) is 11.9. The molecule has 0 amide bonds. The lowest BCUT2D eigenvalue weighted by Crippen LogP contribution is -2.14. The molecule has 0 spiro atoms. The molecule has 0 aliphatic carbocycles. The van der Waals surface area contributed by atoms with Gasteiger partial charge < -0.3 is 4.57 Å². The van der Waals surface area contributed by atoms with Crippen LogP contribution in [0.2, 0.25) is 0 Å². The third-order valence-corrected chi connectivity index (χ3v) is 5.14. The summed E-state index contributed by atoms with van der Waals surface area (Å²) in [5, 5.41) is 6.18. The highest BCUT2D eigenvalue weighted by atomic mass is 32.2. The van der Waals surface area contributed by atoms with E-state index in [0.717, 1.165) is 20.7 Å². The molecular formula is C16H16N2O2S2. The minimum absolute atomic E-state index is 0.146. The van der Waals surface area contributed by atoms with Gasteiger partial charge in [-0.3, -0.25) is 0 Å². The van der Waals surface area contributed by atoms with Crippen LogP contribution in [0.3, 0.4) is 0 Å². The van der Waals surface area contributed by atoms with Crippen LogP contribution in [-0.2, 0) is 22.8 Å². The lowest BCUT2D eigenvalue weighted by Gasteiger charge is -2.03. The van der Waals surface area contributed by atoms with E-state index in [9.17, 15) is 8.42 Å². The van der Waals surface area contributed by atoms with Crippen molar-refractivity contribution >= 4 is 32.7 Å². The van der Waals surface area contributed by atoms with Gasteiger partial charge in [0.1, 0.15) is 0 Å². The number of primary sulfonamides is 1. The van der Waals surface area contributed by atoms with Gasteiger partial charge in [-0.1, -0.05) is 36.0 Å². The van der Waals surface area contributed by atoms with Crippen molar-refractivity contribution in [3.8, 4) is 0 Å². The predicted molar refractivity (Wildman–Crippen MR) is 90.3 cm³/mol. The lowest BCUT2D eigenvalue weighted by atomic mass is 10.2. The van der Waals surface area contributed by atoms with E-state index in [1.54, 1.807) is 11.8 Å². The Kier molecular flexibility index (Phi) is 3.99. The summed E-state index contributed by atoms with van der Waals surface area (Å²) in [6, 6.07) is 15.7. The fourth-order valence-corrected chi connectivity index (χ4v) is 4.10. The van der Waals surface area contributed by atoms with Gasteiger partial charge in [0.15, 0.2) is 0 Å². The molecule has 0 radical (unpaired) electrons. The zero-order valence-corrected chi connectivity index (χ0v) is 13.7. The van der Waals surface area contributed by atoms with Crippen LogP contribution in [0.25, 0.3) is 10.9 Å². The van der Waals surface area contributed by atoms with E-state index in [4.69, 9.17) is 5.14 Å². The van der Waals surface area contributed by atoms with E-state index < -0.39 is 10.0 Å². The second-order valence-corrected chi connectivity index (χ2v) is 7.91. The Balaban J connectivity index is 2.04. The molecular weight excluding hydrogens is 316 g/mol. The van der Waals surface area contributed by atoms with E-state index in [2.05, 4.69) is 18.3 Å². The fourth-order valence-electron chi connectivity index (χ4n) is 2.42. The Bertz CT molecular complexity index is 916. The number of aromatic nitrogens is 1. The Labute approximate surface area is 134 Å². The van der Waals surface area contributed by atoms with E-state index in [-0.39, 0.29) is 5.75 Å². The molecule has 3 rings (SSSR count).